The number of amides is 1. The zero-order valence-electron chi connectivity index (χ0n) is 13.9. The zero-order valence-corrected chi connectivity index (χ0v) is 15.6. The molecule has 0 aromatic heterocycles. The highest BCUT2D eigenvalue weighted by Gasteiger charge is 2.45. The van der Waals surface area contributed by atoms with Gasteiger partial charge in [0, 0.05) is 31.5 Å². The minimum absolute atomic E-state index is 0.254. The third kappa shape index (κ3) is 4.89. The first-order chi connectivity index (χ1) is 10.7. The van der Waals surface area contributed by atoms with Crippen molar-refractivity contribution >= 4 is 36.3 Å². The second-order valence-corrected chi connectivity index (χ2v) is 7.38. The Morgan fingerprint density at radius 1 is 1.30 bits per heavy atom. The fourth-order valence-corrected chi connectivity index (χ4v) is 3.38. The number of rotatable bonds is 8. The number of hydrogen-bond acceptors (Lipinski definition) is 5. The molecule has 7 heteroatoms. The molecule has 1 aromatic carbocycles. The number of carbonyl (C=O) groups is 2. The normalized spacial score (nSPS) is 15.0. The molecule has 1 N–H and O–H groups in total. The second-order valence-electron chi connectivity index (χ2n) is 5.64. The molecular weight excluding hydrogens is 332 g/mol. The van der Waals surface area contributed by atoms with Crippen molar-refractivity contribution < 1.29 is 14.7 Å². The molecular formula is C16H24N2O3S2. The van der Waals surface area contributed by atoms with Crippen LogP contribution in [0.3, 0.4) is 0 Å². The molecule has 0 saturated heterocycles. The standard InChI is InChI=1S/C16H24N2O3S2/c1-12(10-22)14(19)18(17(3)4)16(2,15(20)21)23-11-13-8-6-5-7-9-13/h5-9,12,22H,10-11H2,1-4H3,(H,20,21)/t12-,16?/m0/s1. The summed E-state index contributed by atoms with van der Waals surface area (Å²) in [5, 5.41) is 12.6. The summed E-state index contributed by atoms with van der Waals surface area (Å²) in [4.78, 5) is 23.2. The quantitative estimate of drug-likeness (QED) is 0.426. The van der Waals surface area contributed by atoms with Crippen molar-refractivity contribution in [2.45, 2.75) is 24.5 Å². The zero-order chi connectivity index (χ0) is 17.6. The molecule has 0 bridgehead atoms. The van der Waals surface area contributed by atoms with Crippen molar-refractivity contribution in [1.29, 1.82) is 0 Å². The van der Waals surface area contributed by atoms with Gasteiger partial charge in [0.1, 0.15) is 0 Å². The van der Waals surface area contributed by atoms with Crippen LogP contribution in [0.4, 0.5) is 0 Å². The number of carboxylic acid groups (broad SMARTS) is 1. The van der Waals surface area contributed by atoms with Gasteiger partial charge in [0.25, 0.3) is 0 Å². The number of benzene rings is 1. The van der Waals surface area contributed by atoms with Gasteiger partial charge in [0.15, 0.2) is 4.87 Å². The number of hydrazine groups is 1. The summed E-state index contributed by atoms with van der Waals surface area (Å²) >= 11 is 5.37. The Bertz CT molecular complexity index is 539. The highest BCUT2D eigenvalue weighted by Crippen LogP contribution is 2.34. The van der Waals surface area contributed by atoms with Crippen LogP contribution < -0.4 is 0 Å². The van der Waals surface area contributed by atoms with E-state index in [0.29, 0.717) is 11.5 Å². The minimum Gasteiger partial charge on any atom is -0.479 e. The van der Waals surface area contributed by atoms with Crippen LogP contribution in [0.15, 0.2) is 30.3 Å². The number of thiol groups is 1. The van der Waals surface area contributed by atoms with E-state index in [1.165, 1.54) is 21.8 Å². The number of thioether (sulfide) groups is 1. The lowest BCUT2D eigenvalue weighted by Crippen LogP contribution is -2.59. The third-order valence-corrected chi connectivity index (χ3v) is 5.40. The van der Waals surface area contributed by atoms with Gasteiger partial charge in [-0.15, -0.1) is 11.8 Å². The van der Waals surface area contributed by atoms with E-state index in [-0.39, 0.29) is 11.8 Å². The Morgan fingerprint density at radius 3 is 2.30 bits per heavy atom. The van der Waals surface area contributed by atoms with Crippen molar-refractivity contribution in [3.8, 4) is 0 Å². The Hall–Kier alpha value is -1.18. The lowest BCUT2D eigenvalue weighted by atomic mass is 10.1. The van der Waals surface area contributed by atoms with Crippen LogP contribution in [-0.4, -0.2) is 51.7 Å². The topological polar surface area (TPSA) is 60.9 Å². The van der Waals surface area contributed by atoms with E-state index in [4.69, 9.17) is 0 Å². The van der Waals surface area contributed by atoms with Gasteiger partial charge in [-0.2, -0.15) is 12.6 Å². The van der Waals surface area contributed by atoms with Crippen LogP contribution >= 0.6 is 24.4 Å². The van der Waals surface area contributed by atoms with Crippen molar-refractivity contribution in [2.75, 3.05) is 19.8 Å². The van der Waals surface area contributed by atoms with Gasteiger partial charge in [-0.1, -0.05) is 37.3 Å². The van der Waals surface area contributed by atoms with E-state index in [2.05, 4.69) is 12.6 Å². The summed E-state index contributed by atoms with van der Waals surface area (Å²) in [6.07, 6.45) is 0. The smallest absolute Gasteiger partial charge is 0.341 e. The van der Waals surface area contributed by atoms with Gasteiger partial charge in [-0.3, -0.25) is 4.79 Å². The fourth-order valence-electron chi connectivity index (χ4n) is 2.09. The van der Waals surface area contributed by atoms with Crippen LogP contribution in [0.2, 0.25) is 0 Å². The van der Waals surface area contributed by atoms with Crippen molar-refractivity contribution in [3.05, 3.63) is 35.9 Å². The number of carbonyl (C=O) groups excluding carboxylic acids is 1. The Labute approximate surface area is 147 Å². The Kier molecular flexibility index (Phi) is 7.44. The van der Waals surface area contributed by atoms with Crippen molar-refractivity contribution in [3.63, 3.8) is 0 Å². The van der Waals surface area contributed by atoms with Crippen LogP contribution in [-0.2, 0) is 15.3 Å². The minimum atomic E-state index is -1.40. The summed E-state index contributed by atoms with van der Waals surface area (Å²) in [6.45, 7) is 3.31. The second kappa shape index (κ2) is 8.61. The first-order valence-corrected chi connectivity index (χ1v) is 8.89. The predicted octanol–water partition coefficient (Wildman–Crippen LogP) is 2.59. The third-order valence-electron chi connectivity index (χ3n) is 3.47. The van der Waals surface area contributed by atoms with Gasteiger partial charge < -0.3 is 5.11 Å². The SMILES string of the molecule is C[C@@H](CS)C(=O)N(N(C)C)C(C)(SCc1ccccc1)C(=O)O. The lowest BCUT2D eigenvalue weighted by molar-refractivity contribution is -0.168. The molecule has 0 aliphatic rings. The lowest BCUT2D eigenvalue weighted by Gasteiger charge is -2.42. The molecule has 5 nitrogen and oxygen atoms in total. The van der Waals surface area contributed by atoms with Crippen molar-refractivity contribution in [2.24, 2.45) is 5.92 Å². The highest BCUT2D eigenvalue weighted by atomic mass is 32.2. The summed E-state index contributed by atoms with van der Waals surface area (Å²) in [5.41, 5.74) is 1.01. The van der Waals surface area contributed by atoms with E-state index in [1.54, 1.807) is 27.9 Å². The molecule has 0 aliphatic carbocycles. The maximum Gasteiger partial charge on any atom is 0.341 e. The van der Waals surface area contributed by atoms with Gasteiger partial charge in [0.05, 0.1) is 0 Å². The monoisotopic (exact) mass is 356 g/mol. The molecule has 1 rings (SSSR count). The van der Waals surface area contributed by atoms with Crippen molar-refractivity contribution in [1.82, 2.24) is 10.0 Å². The molecule has 1 aromatic rings. The Morgan fingerprint density at radius 2 is 1.87 bits per heavy atom. The average Bonchev–Trinajstić information content (AvgIpc) is 2.52. The largest absolute Gasteiger partial charge is 0.479 e. The predicted molar refractivity (Wildman–Crippen MR) is 97.3 cm³/mol. The summed E-state index contributed by atoms with van der Waals surface area (Å²) in [5.74, 6) is -0.808. The molecule has 1 unspecified atom stereocenters. The summed E-state index contributed by atoms with van der Waals surface area (Å²) in [6, 6.07) is 9.60. The number of aliphatic carboxylic acids is 1. The van der Waals surface area contributed by atoms with Crippen LogP contribution in [0.1, 0.15) is 19.4 Å². The maximum atomic E-state index is 12.6. The maximum absolute atomic E-state index is 12.6. The molecule has 0 fully saturated rings. The van der Waals surface area contributed by atoms with Gasteiger partial charge in [-0.05, 0) is 12.5 Å². The molecule has 1 amide bonds. The highest BCUT2D eigenvalue weighted by molar-refractivity contribution is 8.00. The molecule has 2 atom stereocenters. The molecule has 0 aliphatic heterocycles. The van der Waals surface area contributed by atoms with E-state index in [9.17, 15) is 14.7 Å². The molecule has 0 radical (unpaired) electrons. The van der Waals surface area contributed by atoms with E-state index in [0.717, 1.165) is 5.56 Å². The van der Waals surface area contributed by atoms with E-state index in [1.807, 2.05) is 30.3 Å². The van der Waals surface area contributed by atoms with Gasteiger partial charge >= 0.3 is 5.97 Å². The first kappa shape index (κ1) is 19.9. The van der Waals surface area contributed by atoms with Crippen LogP contribution in [0.5, 0.6) is 0 Å². The number of carboxylic acids is 1. The summed E-state index contributed by atoms with van der Waals surface area (Å²) in [7, 11) is 3.35. The number of hydrogen-bond donors (Lipinski definition) is 2. The van der Waals surface area contributed by atoms with Crippen LogP contribution in [0.25, 0.3) is 0 Å². The molecule has 23 heavy (non-hydrogen) atoms. The average molecular weight is 357 g/mol. The van der Waals surface area contributed by atoms with Gasteiger partial charge in [-0.25, -0.2) is 14.8 Å². The fraction of sp³-hybridized carbons (Fsp3) is 0.500. The molecule has 0 spiro atoms. The summed E-state index contributed by atoms with van der Waals surface area (Å²) < 4.78 is 0. The number of nitrogens with zero attached hydrogens (tertiary/aromatic N) is 2. The van der Waals surface area contributed by atoms with Crippen LogP contribution in [0, 0.1) is 5.92 Å². The Balaban J connectivity index is 3.08. The first-order valence-electron chi connectivity index (χ1n) is 7.27. The van der Waals surface area contributed by atoms with E-state index < -0.39 is 10.8 Å². The molecule has 0 heterocycles. The molecule has 128 valence electrons. The van der Waals surface area contributed by atoms with E-state index >= 15 is 0 Å². The molecule has 0 saturated carbocycles. The van der Waals surface area contributed by atoms with Gasteiger partial charge in [0.2, 0.25) is 5.91 Å².